The summed E-state index contributed by atoms with van der Waals surface area (Å²) in [4.78, 5) is 5.12. The fourth-order valence-electron chi connectivity index (χ4n) is 2.75. The lowest BCUT2D eigenvalue weighted by Gasteiger charge is -2.38. The Morgan fingerprint density at radius 1 is 1.12 bits per heavy atom. The third-order valence-corrected chi connectivity index (χ3v) is 3.81. The van der Waals surface area contributed by atoms with E-state index in [1.807, 2.05) is 0 Å². The lowest BCUT2D eigenvalue weighted by molar-refractivity contribution is -0.0537. The van der Waals surface area contributed by atoms with Crippen LogP contribution in [-0.4, -0.2) is 61.3 Å². The Morgan fingerprint density at radius 3 is 2.56 bits per heavy atom. The fraction of sp³-hybridized carbons (Fsp3) is 1.00. The Hall–Kier alpha value is -0.120. The molecule has 0 aromatic rings. The molecular formula is C13H26N2O. The van der Waals surface area contributed by atoms with Crippen molar-refractivity contribution in [3.05, 3.63) is 0 Å². The van der Waals surface area contributed by atoms with Crippen molar-refractivity contribution in [2.75, 3.05) is 39.3 Å². The molecule has 0 aromatic carbocycles. The van der Waals surface area contributed by atoms with Gasteiger partial charge in [0.25, 0.3) is 0 Å². The largest absolute Gasteiger partial charge is 0.374 e. The Kier molecular flexibility index (Phi) is 4.62. The first-order valence-corrected chi connectivity index (χ1v) is 6.83. The van der Waals surface area contributed by atoms with E-state index in [0.717, 1.165) is 26.2 Å². The number of hydrogen-bond acceptors (Lipinski definition) is 3. The third kappa shape index (κ3) is 3.44. The molecule has 1 unspecified atom stereocenters. The number of likely N-dealkylation sites (tertiary alicyclic amines) is 1. The molecule has 3 heteroatoms. The SMILES string of the molecule is CC(C)N1CCOC(CN2CCCCC2)C1. The van der Waals surface area contributed by atoms with Gasteiger partial charge in [0, 0.05) is 25.7 Å². The minimum atomic E-state index is 0.439. The van der Waals surface area contributed by atoms with Crippen molar-refractivity contribution in [1.29, 1.82) is 0 Å². The van der Waals surface area contributed by atoms with Gasteiger partial charge in [-0.2, -0.15) is 0 Å². The van der Waals surface area contributed by atoms with Crippen LogP contribution >= 0.6 is 0 Å². The Morgan fingerprint density at radius 2 is 1.88 bits per heavy atom. The van der Waals surface area contributed by atoms with E-state index in [9.17, 15) is 0 Å². The second kappa shape index (κ2) is 5.99. The van der Waals surface area contributed by atoms with Gasteiger partial charge in [0.1, 0.15) is 0 Å². The van der Waals surface area contributed by atoms with Gasteiger partial charge in [0.2, 0.25) is 0 Å². The van der Waals surface area contributed by atoms with Crippen LogP contribution in [0.3, 0.4) is 0 Å². The first kappa shape index (κ1) is 12.3. The standard InChI is InChI=1S/C13H26N2O/c1-12(2)15-8-9-16-13(11-15)10-14-6-4-3-5-7-14/h12-13H,3-11H2,1-2H3. The van der Waals surface area contributed by atoms with Gasteiger partial charge in [-0.15, -0.1) is 0 Å². The van der Waals surface area contributed by atoms with E-state index < -0.39 is 0 Å². The van der Waals surface area contributed by atoms with Gasteiger partial charge in [-0.1, -0.05) is 6.42 Å². The Balaban J connectivity index is 1.75. The molecule has 0 bridgehead atoms. The van der Waals surface area contributed by atoms with Gasteiger partial charge in [-0.05, 0) is 39.8 Å². The number of rotatable bonds is 3. The van der Waals surface area contributed by atoms with Gasteiger partial charge in [0.15, 0.2) is 0 Å². The van der Waals surface area contributed by atoms with Crippen LogP contribution in [0.5, 0.6) is 0 Å². The second-order valence-corrected chi connectivity index (χ2v) is 5.44. The van der Waals surface area contributed by atoms with Crippen molar-refractivity contribution in [3.63, 3.8) is 0 Å². The molecule has 0 radical (unpaired) electrons. The zero-order valence-electron chi connectivity index (χ0n) is 10.8. The summed E-state index contributed by atoms with van der Waals surface area (Å²) in [6.07, 6.45) is 4.61. The molecule has 0 aliphatic carbocycles. The monoisotopic (exact) mass is 226 g/mol. The average molecular weight is 226 g/mol. The maximum Gasteiger partial charge on any atom is 0.0829 e. The van der Waals surface area contributed by atoms with Gasteiger partial charge < -0.3 is 9.64 Å². The predicted octanol–water partition coefficient (Wildman–Crippen LogP) is 1.58. The highest BCUT2D eigenvalue weighted by Gasteiger charge is 2.24. The number of morpholine rings is 1. The third-order valence-electron chi connectivity index (χ3n) is 3.81. The normalized spacial score (nSPS) is 29.8. The molecule has 2 aliphatic rings. The van der Waals surface area contributed by atoms with Gasteiger partial charge in [-0.25, -0.2) is 0 Å². The topological polar surface area (TPSA) is 15.7 Å². The van der Waals surface area contributed by atoms with Gasteiger partial charge in [-0.3, -0.25) is 4.90 Å². The van der Waals surface area contributed by atoms with Crippen LogP contribution in [0.2, 0.25) is 0 Å². The summed E-state index contributed by atoms with van der Waals surface area (Å²) in [6, 6.07) is 0.660. The number of hydrogen-bond donors (Lipinski definition) is 0. The van der Waals surface area contributed by atoms with Gasteiger partial charge in [0.05, 0.1) is 12.7 Å². The molecule has 16 heavy (non-hydrogen) atoms. The molecular weight excluding hydrogens is 200 g/mol. The van der Waals surface area contributed by atoms with E-state index in [2.05, 4.69) is 23.6 Å². The number of nitrogens with zero attached hydrogens (tertiary/aromatic N) is 2. The van der Waals surface area contributed by atoms with Crippen LogP contribution in [0, 0.1) is 0 Å². The molecule has 2 rings (SSSR count). The molecule has 94 valence electrons. The molecule has 0 amide bonds. The summed E-state index contributed by atoms with van der Waals surface area (Å²) < 4.78 is 5.88. The molecule has 0 spiro atoms. The van der Waals surface area contributed by atoms with E-state index in [-0.39, 0.29) is 0 Å². The molecule has 0 saturated carbocycles. The van der Waals surface area contributed by atoms with E-state index in [0.29, 0.717) is 12.1 Å². The molecule has 0 N–H and O–H groups in total. The number of piperidine rings is 1. The smallest absolute Gasteiger partial charge is 0.0829 e. The van der Waals surface area contributed by atoms with E-state index in [4.69, 9.17) is 4.74 Å². The molecule has 1 atom stereocenters. The van der Waals surface area contributed by atoms with E-state index in [1.165, 1.54) is 32.4 Å². The molecule has 2 heterocycles. The predicted molar refractivity (Wildman–Crippen MR) is 66.7 cm³/mol. The summed E-state index contributed by atoms with van der Waals surface area (Å²) >= 11 is 0. The van der Waals surface area contributed by atoms with Crippen molar-refractivity contribution in [3.8, 4) is 0 Å². The maximum absolute atomic E-state index is 5.88. The lowest BCUT2D eigenvalue weighted by atomic mass is 10.1. The van der Waals surface area contributed by atoms with Crippen LogP contribution < -0.4 is 0 Å². The van der Waals surface area contributed by atoms with E-state index >= 15 is 0 Å². The van der Waals surface area contributed by atoms with Gasteiger partial charge >= 0.3 is 0 Å². The minimum absolute atomic E-state index is 0.439. The molecule has 2 aliphatic heterocycles. The molecule has 0 aromatic heterocycles. The summed E-state index contributed by atoms with van der Waals surface area (Å²) in [7, 11) is 0. The molecule has 2 fully saturated rings. The first-order valence-electron chi connectivity index (χ1n) is 6.83. The molecule has 2 saturated heterocycles. The first-order chi connectivity index (χ1) is 7.75. The summed E-state index contributed by atoms with van der Waals surface area (Å²) in [5.41, 5.74) is 0. The van der Waals surface area contributed by atoms with Crippen molar-refractivity contribution in [1.82, 2.24) is 9.80 Å². The van der Waals surface area contributed by atoms with E-state index in [1.54, 1.807) is 0 Å². The number of ether oxygens (including phenoxy) is 1. The molecule has 3 nitrogen and oxygen atoms in total. The lowest BCUT2D eigenvalue weighted by Crippen LogP contribution is -2.50. The second-order valence-electron chi connectivity index (χ2n) is 5.44. The van der Waals surface area contributed by atoms with Crippen LogP contribution in [0.25, 0.3) is 0 Å². The zero-order chi connectivity index (χ0) is 11.4. The maximum atomic E-state index is 5.88. The van der Waals surface area contributed by atoms with Crippen molar-refractivity contribution >= 4 is 0 Å². The fourth-order valence-corrected chi connectivity index (χ4v) is 2.75. The zero-order valence-corrected chi connectivity index (χ0v) is 10.8. The summed E-state index contributed by atoms with van der Waals surface area (Å²) in [5.74, 6) is 0. The van der Waals surface area contributed by atoms with Crippen molar-refractivity contribution in [2.45, 2.75) is 45.3 Å². The van der Waals surface area contributed by atoms with Crippen LogP contribution in [0.4, 0.5) is 0 Å². The summed E-state index contributed by atoms with van der Waals surface area (Å²) in [6.45, 7) is 11.4. The van der Waals surface area contributed by atoms with Crippen LogP contribution in [0.15, 0.2) is 0 Å². The Bertz CT molecular complexity index is 202. The highest BCUT2D eigenvalue weighted by molar-refractivity contribution is 4.78. The summed E-state index contributed by atoms with van der Waals surface area (Å²) in [5, 5.41) is 0. The Labute approximate surface area is 99.7 Å². The highest BCUT2D eigenvalue weighted by atomic mass is 16.5. The van der Waals surface area contributed by atoms with Crippen molar-refractivity contribution < 1.29 is 4.74 Å². The van der Waals surface area contributed by atoms with Crippen molar-refractivity contribution in [2.24, 2.45) is 0 Å². The highest BCUT2D eigenvalue weighted by Crippen LogP contribution is 2.13. The average Bonchev–Trinajstić information content (AvgIpc) is 2.30. The quantitative estimate of drug-likeness (QED) is 0.727. The van der Waals surface area contributed by atoms with Crippen LogP contribution in [0.1, 0.15) is 33.1 Å². The minimum Gasteiger partial charge on any atom is -0.374 e. The van der Waals surface area contributed by atoms with Crippen LogP contribution in [-0.2, 0) is 4.74 Å².